The van der Waals surface area contributed by atoms with Gasteiger partial charge in [0.15, 0.2) is 0 Å². The quantitative estimate of drug-likeness (QED) is 0.514. The highest BCUT2D eigenvalue weighted by Gasteiger charge is 2.14. The Kier molecular flexibility index (Phi) is 5.97. The van der Waals surface area contributed by atoms with Gasteiger partial charge in [0, 0.05) is 11.1 Å². The van der Waals surface area contributed by atoms with Gasteiger partial charge in [0.25, 0.3) is 5.91 Å². The Labute approximate surface area is 148 Å². The van der Waals surface area contributed by atoms with Gasteiger partial charge in [0.2, 0.25) is 0 Å². The van der Waals surface area contributed by atoms with Crippen LogP contribution in [-0.4, -0.2) is 18.7 Å². The number of carbonyl (C=O) groups is 1. The van der Waals surface area contributed by atoms with E-state index in [9.17, 15) is 4.79 Å². The first-order chi connectivity index (χ1) is 11.9. The van der Waals surface area contributed by atoms with E-state index in [0.29, 0.717) is 11.3 Å². The minimum absolute atomic E-state index is 0.0508. The number of hydrogen-bond acceptors (Lipinski definition) is 3. The molecule has 25 heavy (non-hydrogen) atoms. The number of ether oxygens (including phenoxy) is 1. The summed E-state index contributed by atoms with van der Waals surface area (Å²) in [5, 5.41) is 4.00. The third kappa shape index (κ3) is 5.22. The molecule has 1 N–H and O–H groups in total. The van der Waals surface area contributed by atoms with Crippen molar-refractivity contribution in [2.24, 2.45) is 5.10 Å². The predicted molar refractivity (Wildman–Crippen MR) is 101 cm³/mol. The number of nitrogens with zero attached hydrogens (tertiary/aromatic N) is 1. The van der Waals surface area contributed by atoms with Crippen molar-refractivity contribution in [3.05, 3.63) is 65.2 Å². The number of hydrogen-bond donors (Lipinski definition) is 1. The van der Waals surface area contributed by atoms with E-state index >= 15 is 0 Å². The molecule has 2 rings (SSSR count). The number of carbonyl (C=O) groups excluding carboxylic acids is 1. The second-order valence-electron chi connectivity index (χ2n) is 6.56. The lowest BCUT2D eigenvalue weighted by Gasteiger charge is -2.18. The molecule has 0 spiro atoms. The molecule has 0 saturated heterocycles. The van der Waals surface area contributed by atoms with Gasteiger partial charge in [0.1, 0.15) is 12.4 Å². The van der Waals surface area contributed by atoms with Crippen LogP contribution < -0.4 is 10.2 Å². The molecule has 0 bridgehead atoms. The molecule has 0 fully saturated rings. The van der Waals surface area contributed by atoms with Crippen molar-refractivity contribution in [2.45, 2.75) is 26.2 Å². The summed E-state index contributed by atoms with van der Waals surface area (Å²) in [6, 6.07) is 14.9. The Morgan fingerprint density at radius 1 is 1.20 bits per heavy atom. The van der Waals surface area contributed by atoms with Gasteiger partial charge in [-0.25, -0.2) is 5.43 Å². The number of para-hydroxylation sites is 1. The minimum Gasteiger partial charge on any atom is -0.480 e. The highest BCUT2D eigenvalue weighted by molar-refractivity contribution is 5.95. The Balaban J connectivity index is 2.03. The molecule has 0 atom stereocenters. The highest BCUT2D eigenvalue weighted by Crippen LogP contribution is 2.22. The van der Waals surface area contributed by atoms with Gasteiger partial charge < -0.3 is 4.74 Å². The van der Waals surface area contributed by atoms with E-state index in [2.05, 4.69) is 37.2 Å². The van der Waals surface area contributed by atoms with Crippen LogP contribution in [0.5, 0.6) is 5.75 Å². The Hall–Kier alpha value is -3.06. The molecule has 0 unspecified atom stereocenters. The van der Waals surface area contributed by atoms with Gasteiger partial charge in [-0.2, -0.15) is 5.10 Å². The van der Waals surface area contributed by atoms with E-state index in [-0.39, 0.29) is 17.9 Å². The predicted octanol–water partition coefficient (Wildman–Crippen LogP) is 3.76. The van der Waals surface area contributed by atoms with Crippen LogP contribution in [0, 0.1) is 12.3 Å². The Bertz CT molecular complexity index is 794. The molecular formula is C21H22N2O2. The summed E-state index contributed by atoms with van der Waals surface area (Å²) >= 11 is 0. The average Bonchev–Trinajstić information content (AvgIpc) is 2.60. The second kappa shape index (κ2) is 8.16. The van der Waals surface area contributed by atoms with Crippen molar-refractivity contribution in [3.8, 4) is 18.1 Å². The highest BCUT2D eigenvalue weighted by atomic mass is 16.5. The van der Waals surface area contributed by atoms with Crippen LogP contribution in [0.3, 0.4) is 0 Å². The SMILES string of the molecule is C#CCOc1ccccc1/C=N/NC(=O)c1ccc(C(C)(C)C)cc1. The molecule has 2 aromatic rings. The van der Waals surface area contributed by atoms with Crippen molar-refractivity contribution in [1.82, 2.24) is 5.43 Å². The fourth-order valence-corrected chi connectivity index (χ4v) is 2.18. The van der Waals surface area contributed by atoms with Crippen LogP contribution in [0.4, 0.5) is 0 Å². The van der Waals surface area contributed by atoms with Crippen LogP contribution in [0.1, 0.15) is 42.3 Å². The summed E-state index contributed by atoms with van der Waals surface area (Å²) < 4.78 is 5.43. The summed E-state index contributed by atoms with van der Waals surface area (Å²) in [6.07, 6.45) is 6.74. The fourth-order valence-electron chi connectivity index (χ4n) is 2.18. The van der Waals surface area contributed by atoms with Crippen LogP contribution in [0.25, 0.3) is 0 Å². The lowest BCUT2D eigenvalue weighted by molar-refractivity contribution is 0.0955. The molecule has 0 aliphatic carbocycles. The maximum Gasteiger partial charge on any atom is 0.271 e. The fraction of sp³-hybridized carbons (Fsp3) is 0.238. The third-order valence-electron chi connectivity index (χ3n) is 3.61. The van der Waals surface area contributed by atoms with Gasteiger partial charge in [-0.3, -0.25) is 4.79 Å². The van der Waals surface area contributed by atoms with E-state index in [4.69, 9.17) is 11.2 Å². The lowest BCUT2D eigenvalue weighted by atomic mass is 9.87. The summed E-state index contributed by atoms with van der Waals surface area (Å²) in [6.45, 7) is 6.57. The smallest absolute Gasteiger partial charge is 0.271 e. The lowest BCUT2D eigenvalue weighted by Crippen LogP contribution is -2.18. The first kappa shape index (κ1) is 18.3. The molecule has 0 aliphatic rings. The second-order valence-corrected chi connectivity index (χ2v) is 6.56. The molecule has 128 valence electrons. The van der Waals surface area contributed by atoms with Gasteiger partial charge in [-0.1, -0.05) is 51.0 Å². The zero-order valence-corrected chi connectivity index (χ0v) is 14.7. The van der Waals surface area contributed by atoms with Crippen molar-refractivity contribution in [1.29, 1.82) is 0 Å². The Morgan fingerprint density at radius 2 is 1.88 bits per heavy atom. The topological polar surface area (TPSA) is 50.7 Å². The summed E-state index contributed by atoms with van der Waals surface area (Å²) in [5.41, 5.74) is 5.04. The summed E-state index contributed by atoms with van der Waals surface area (Å²) in [7, 11) is 0. The summed E-state index contributed by atoms with van der Waals surface area (Å²) in [4.78, 5) is 12.2. The van der Waals surface area contributed by atoms with E-state index in [1.165, 1.54) is 11.8 Å². The van der Waals surface area contributed by atoms with E-state index in [1.54, 1.807) is 18.2 Å². The first-order valence-corrected chi connectivity index (χ1v) is 8.01. The standard InChI is InChI=1S/C21H22N2O2/c1-5-14-25-19-9-7-6-8-17(19)15-22-23-20(24)16-10-12-18(13-11-16)21(2,3)4/h1,6-13,15H,14H2,2-4H3,(H,23,24)/b22-15+. The number of nitrogens with one attached hydrogen (secondary N) is 1. The van der Waals surface area contributed by atoms with Crippen LogP contribution >= 0.6 is 0 Å². The van der Waals surface area contributed by atoms with Gasteiger partial charge in [0.05, 0.1) is 6.21 Å². The number of rotatable bonds is 5. The molecule has 2 aromatic carbocycles. The van der Waals surface area contributed by atoms with Crippen LogP contribution in [0.15, 0.2) is 53.6 Å². The normalized spacial score (nSPS) is 11.1. The zero-order chi connectivity index (χ0) is 18.3. The number of amides is 1. The van der Waals surface area contributed by atoms with Crippen molar-refractivity contribution < 1.29 is 9.53 Å². The van der Waals surface area contributed by atoms with Gasteiger partial charge >= 0.3 is 0 Å². The van der Waals surface area contributed by atoms with E-state index < -0.39 is 0 Å². The maximum absolute atomic E-state index is 12.2. The number of benzene rings is 2. The van der Waals surface area contributed by atoms with E-state index in [1.807, 2.05) is 30.3 Å². The molecule has 4 heteroatoms. The third-order valence-corrected chi connectivity index (χ3v) is 3.61. The first-order valence-electron chi connectivity index (χ1n) is 8.01. The van der Waals surface area contributed by atoms with Crippen molar-refractivity contribution in [2.75, 3.05) is 6.61 Å². The van der Waals surface area contributed by atoms with Crippen molar-refractivity contribution in [3.63, 3.8) is 0 Å². The largest absolute Gasteiger partial charge is 0.480 e. The maximum atomic E-state index is 12.2. The van der Waals surface area contributed by atoms with Crippen molar-refractivity contribution >= 4 is 12.1 Å². The Morgan fingerprint density at radius 3 is 2.52 bits per heavy atom. The molecule has 0 heterocycles. The minimum atomic E-state index is -0.265. The monoisotopic (exact) mass is 334 g/mol. The molecule has 0 radical (unpaired) electrons. The van der Waals surface area contributed by atoms with Gasteiger partial charge in [-0.05, 0) is 35.2 Å². The molecule has 1 amide bonds. The van der Waals surface area contributed by atoms with E-state index in [0.717, 1.165) is 5.56 Å². The van der Waals surface area contributed by atoms with Crippen LogP contribution in [-0.2, 0) is 5.41 Å². The summed E-state index contributed by atoms with van der Waals surface area (Å²) in [5.74, 6) is 2.77. The number of hydrazone groups is 1. The molecule has 0 aromatic heterocycles. The van der Waals surface area contributed by atoms with Gasteiger partial charge in [-0.15, -0.1) is 6.42 Å². The molecule has 0 saturated carbocycles. The van der Waals surface area contributed by atoms with Crippen LogP contribution in [0.2, 0.25) is 0 Å². The zero-order valence-electron chi connectivity index (χ0n) is 14.7. The molecular weight excluding hydrogens is 312 g/mol. The molecule has 0 aliphatic heterocycles. The average molecular weight is 334 g/mol. The number of terminal acetylenes is 1. The molecule has 4 nitrogen and oxygen atoms in total.